The molecule has 1 saturated carbocycles. The van der Waals surface area contributed by atoms with Gasteiger partial charge in [-0.05, 0) is 65.9 Å². The molecular weight excluding hydrogens is 317 g/mol. The molecule has 1 fully saturated rings. The lowest BCUT2D eigenvalue weighted by Crippen LogP contribution is -2.26. The molecule has 2 atom stereocenters. The number of aliphatic hydroxyl groups excluding tert-OH is 1. The molecule has 90 valence electrons. The van der Waals surface area contributed by atoms with Crippen molar-refractivity contribution in [3.05, 3.63) is 21.7 Å². The van der Waals surface area contributed by atoms with E-state index >= 15 is 0 Å². The molecule has 16 heavy (non-hydrogen) atoms. The molecule has 1 aliphatic rings. The van der Waals surface area contributed by atoms with E-state index in [0.717, 1.165) is 22.6 Å². The maximum atomic E-state index is 9.21. The Hall–Kier alpha value is -0.0700. The average Bonchev–Trinajstić information content (AvgIpc) is 2.87. The molecule has 0 radical (unpaired) electrons. The molecule has 0 spiro atoms. The third-order valence-corrected chi connectivity index (χ3v) is 3.97. The number of hydrogen-bond donors (Lipinski definition) is 2. The van der Waals surface area contributed by atoms with Crippen LogP contribution in [0.15, 0.2) is 16.5 Å². The normalized spacial score (nSPS) is 25.1. The molecule has 0 saturated heterocycles. The van der Waals surface area contributed by atoms with Crippen molar-refractivity contribution >= 4 is 22.6 Å². The first-order valence-corrected chi connectivity index (χ1v) is 6.93. The molecule has 0 aliphatic heterocycles. The van der Waals surface area contributed by atoms with E-state index in [9.17, 15) is 5.11 Å². The van der Waals surface area contributed by atoms with Crippen LogP contribution >= 0.6 is 22.6 Å². The largest absolute Gasteiger partial charge is 0.454 e. The van der Waals surface area contributed by atoms with E-state index in [-0.39, 0.29) is 0 Å². The summed E-state index contributed by atoms with van der Waals surface area (Å²) in [5.74, 6) is 2.13. The van der Waals surface area contributed by atoms with Crippen LogP contribution < -0.4 is 5.32 Å². The van der Waals surface area contributed by atoms with Crippen molar-refractivity contribution in [2.75, 3.05) is 13.2 Å². The quantitative estimate of drug-likeness (QED) is 0.812. The molecule has 4 heteroatoms. The fourth-order valence-electron chi connectivity index (χ4n) is 2.45. The van der Waals surface area contributed by atoms with Gasteiger partial charge in [-0.15, -0.1) is 0 Å². The van der Waals surface area contributed by atoms with Crippen LogP contribution in [-0.4, -0.2) is 18.3 Å². The van der Waals surface area contributed by atoms with Crippen LogP contribution in [0, 0.1) is 15.6 Å². The van der Waals surface area contributed by atoms with Crippen LogP contribution in [0.25, 0.3) is 0 Å². The van der Waals surface area contributed by atoms with Crippen LogP contribution in [0.3, 0.4) is 0 Å². The smallest absolute Gasteiger partial charge is 0.164 e. The van der Waals surface area contributed by atoms with E-state index in [1.165, 1.54) is 19.3 Å². The average molecular weight is 335 g/mol. The van der Waals surface area contributed by atoms with E-state index in [1.54, 1.807) is 0 Å². The van der Waals surface area contributed by atoms with E-state index in [2.05, 4.69) is 27.9 Å². The fraction of sp³-hybridized carbons (Fsp3) is 0.667. The first-order chi connectivity index (χ1) is 7.79. The van der Waals surface area contributed by atoms with Crippen molar-refractivity contribution in [1.82, 2.24) is 5.32 Å². The van der Waals surface area contributed by atoms with Crippen LogP contribution in [0.5, 0.6) is 0 Å². The summed E-state index contributed by atoms with van der Waals surface area (Å²) in [5, 5.41) is 12.6. The summed E-state index contributed by atoms with van der Waals surface area (Å²) in [6, 6.07) is 3.98. The monoisotopic (exact) mass is 335 g/mol. The van der Waals surface area contributed by atoms with Gasteiger partial charge in [0, 0.05) is 6.61 Å². The van der Waals surface area contributed by atoms with Gasteiger partial charge in [0.1, 0.15) is 5.76 Å². The van der Waals surface area contributed by atoms with Gasteiger partial charge < -0.3 is 14.8 Å². The highest BCUT2D eigenvalue weighted by Gasteiger charge is 2.25. The first-order valence-electron chi connectivity index (χ1n) is 5.85. The number of rotatable bonds is 5. The Bertz CT molecular complexity index is 327. The maximum Gasteiger partial charge on any atom is 0.164 e. The van der Waals surface area contributed by atoms with E-state index in [0.29, 0.717) is 18.4 Å². The molecule has 2 unspecified atom stereocenters. The van der Waals surface area contributed by atoms with Crippen LogP contribution in [0.4, 0.5) is 0 Å². The van der Waals surface area contributed by atoms with E-state index in [4.69, 9.17) is 4.42 Å². The van der Waals surface area contributed by atoms with E-state index in [1.807, 2.05) is 12.1 Å². The highest BCUT2D eigenvalue weighted by atomic mass is 127. The summed E-state index contributed by atoms with van der Waals surface area (Å²) in [6.07, 6.45) is 3.69. The zero-order chi connectivity index (χ0) is 11.4. The molecule has 1 heterocycles. The number of furan rings is 1. The molecule has 1 aliphatic carbocycles. The second-order valence-electron chi connectivity index (χ2n) is 4.47. The summed E-state index contributed by atoms with van der Waals surface area (Å²) in [7, 11) is 0. The van der Waals surface area contributed by atoms with Crippen molar-refractivity contribution in [3.63, 3.8) is 0 Å². The zero-order valence-corrected chi connectivity index (χ0v) is 11.4. The van der Waals surface area contributed by atoms with Crippen molar-refractivity contribution in [1.29, 1.82) is 0 Å². The predicted octanol–water partition coefficient (Wildman–Crippen LogP) is 2.38. The van der Waals surface area contributed by atoms with Crippen molar-refractivity contribution < 1.29 is 9.52 Å². The van der Waals surface area contributed by atoms with Crippen LogP contribution in [0.2, 0.25) is 0 Å². The van der Waals surface area contributed by atoms with Gasteiger partial charge in [-0.25, -0.2) is 0 Å². The predicted molar refractivity (Wildman–Crippen MR) is 71.0 cm³/mol. The van der Waals surface area contributed by atoms with Gasteiger partial charge >= 0.3 is 0 Å². The first kappa shape index (κ1) is 12.4. The van der Waals surface area contributed by atoms with Crippen LogP contribution in [-0.2, 0) is 6.54 Å². The fourth-order valence-corrected chi connectivity index (χ4v) is 2.91. The number of hydrogen-bond acceptors (Lipinski definition) is 3. The van der Waals surface area contributed by atoms with Crippen molar-refractivity contribution in [2.45, 2.75) is 25.8 Å². The van der Waals surface area contributed by atoms with Gasteiger partial charge in [0.15, 0.2) is 3.77 Å². The molecule has 0 aromatic carbocycles. The van der Waals surface area contributed by atoms with Gasteiger partial charge in [0.25, 0.3) is 0 Å². The lowest BCUT2D eigenvalue weighted by molar-refractivity contribution is 0.192. The number of nitrogens with one attached hydrogen (secondary N) is 1. The molecule has 2 rings (SSSR count). The minimum Gasteiger partial charge on any atom is -0.454 e. The van der Waals surface area contributed by atoms with Gasteiger partial charge in [-0.3, -0.25) is 0 Å². The number of halogens is 1. The summed E-state index contributed by atoms with van der Waals surface area (Å²) in [5.41, 5.74) is 0. The van der Waals surface area contributed by atoms with Crippen molar-refractivity contribution in [3.8, 4) is 0 Å². The molecule has 0 bridgehead atoms. The molecule has 1 aromatic rings. The Labute approximate surface area is 110 Å². The lowest BCUT2D eigenvalue weighted by atomic mass is 9.97. The number of aliphatic hydroxyl groups is 1. The van der Waals surface area contributed by atoms with Gasteiger partial charge in [0.2, 0.25) is 0 Å². The topological polar surface area (TPSA) is 45.4 Å². The molecular formula is C12H18INO2. The lowest BCUT2D eigenvalue weighted by Gasteiger charge is -2.17. The maximum absolute atomic E-state index is 9.21. The van der Waals surface area contributed by atoms with Gasteiger partial charge in [0.05, 0.1) is 6.54 Å². The Kier molecular flexibility index (Phi) is 4.66. The minimum absolute atomic E-state index is 0.338. The van der Waals surface area contributed by atoms with Gasteiger partial charge in [-0.1, -0.05) is 6.42 Å². The summed E-state index contributed by atoms with van der Waals surface area (Å²) in [4.78, 5) is 0. The Balaban J connectivity index is 1.71. The summed E-state index contributed by atoms with van der Waals surface area (Å²) < 4.78 is 6.41. The van der Waals surface area contributed by atoms with E-state index < -0.39 is 0 Å². The summed E-state index contributed by atoms with van der Waals surface area (Å²) >= 11 is 2.17. The molecule has 2 N–H and O–H groups in total. The third-order valence-electron chi connectivity index (χ3n) is 3.39. The molecule has 0 amide bonds. The molecule has 1 aromatic heterocycles. The summed E-state index contributed by atoms with van der Waals surface area (Å²) in [6.45, 7) is 2.12. The highest BCUT2D eigenvalue weighted by molar-refractivity contribution is 14.1. The van der Waals surface area contributed by atoms with Crippen LogP contribution in [0.1, 0.15) is 25.0 Å². The Morgan fingerprint density at radius 2 is 2.19 bits per heavy atom. The standard InChI is InChI=1S/C12H18INO2/c13-12-5-4-11(16-12)7-14-6-9-2-1-3-10(9)8-15/h4-5,9-10,14-15H,1-3,6-8H2. The molecule has 3 nitrogen and oxygen atoms in total. The highest BCUT2D eigenvalue weighted by Crippen LogP contribution is 2.30. The van der Waals surface area contributed by atoms with Crippen molar-refractivity contribution in [2.24, 2.45) is 11.8 Å². The minimum atomic E-state index is 0.338. The second kappa shape index (κ2) is 6.02. The Morgan fingerprint density at radius 1 is 1.38 bits per heavy atom. The Morgan fingerprint density at radius 3 is 2.88 bits per heavy atom. The SMILES string of the molecule is OCC1CCCC1CNCc1ccc(I)o1. The van der Waals surface area contributed by atoms with Gasteiger partial charge in [-0.2, -0.15) is 0 Å². The second-order valence-corrected chi connectivity index (χ2v) is 5.53. The zero-order valence-electron chi connectivity index (χ0n) is 9.29. The third kappa shape index (κ3) is 3.21.